The summed E-state index contributed by atoms with van der Waals surface area (Å²) in [5.74, 6) is -1.10. The molecule has 6 heteroatoms. The number of nitrogens with one attached hydrogen (secondary N) is 1. The van der Waals surface area contributed by atoms with E-state index in [9.17, 15) is 14.4 Å². The molecule has 3 rings (SSSR count). The van der Waals surface area contributed by atoms with E-state index in [1.807, 2.05) is 26.0 Å². The number of amides is 1. The standard InChI is InChI=1S/C23H27FN4O/c1-4-10-28-16(2)13-18(17(28)3)14-19(15-25)23(29)26-22-20(24)8-7-9-21(22)27-11-5-6-12-27/h7-9,13-14H,4-6,10-12H2,1-3H3,(H,26,29)/b19-14-. The molecule has 152 valence electrons. The van der Waals surface area contributed by atoms with Crippen LogP contribution in [0.15, 0.2) is 29.8 Å². The molecular formula is C23H27FN4O. The first-order chi connectivity index (χ1) is 14.0. The van der Waals surface area contributed by atoms with E-state index in [0.717, 1.165) is 55.8 Å². The number of halogens is 1. The number of anilines is 2. The fraction of sp³-hybridized carbons (Fsp3) is 0.391. The number of para-hydroxylation sites is 1. The molecule has 1 aliphatic heterocycles. The predicted octanol–water partition coefficient (Wildman–Crippen LogP) is 4.80. The van der Waals surface area contributed by atoms with Crippen LogP contribution >= 0.6 is 0 Å². The van der Waals surface area contributed by atoms with Gasteiger partial charge in [0.25, 0.3) is 5.91 Å². The van der Waals surface area contributed by atoms with Crippen molar-refractivity contribution in [3.05, 3.63) is 52.6 Å². The van der Waals surface area contributed by atoms with Gasteiger partial charge in [-0.15, -0.1) is 0 Å². The van der Waals surface area contributed by atoms with Crippen molar-refractivity contribution in [3.8, 4) is 6.07 Å². The topological polar surface area (TPSA) is 61.1 Å². The lowest BCUT2D eigenvalue weighted by atomic mass is 10.1. The molecule has 1 amide bonds. The number of aromatic nitrogens is 1. The molecule has 0 saturated carbocycles. The van der Waals surface area contributed by atoms with Crippen molar-refractivity contribution >= 4 is 23.4 Å². The molecule has 1 aromatic carbocycles. The molecule has 1 fully saturated rings. The molecular weight excluding hydrogens is 367 g/mol. The first kappa shape index (κ1) is 20.7. The Morgan fingerprint density at radius 2 is 2.03 bits per heavy atom. The molecule has 1 saturated heterocycles. The Labute approximate surface area is 171 Å². The highest BCUT2D eigenvalue weighted by Crippen LogP contribution is 2.31. The predicted molar refractivity (Wildman–Crippen MR) is 114 cm³/mol. The van der Waals surface area contributed by atoms with Gasteiger partial charge in [-0.05, 0) is 62.9 Å². The van der Waals surface area contributed by atoms with Crippen molar-refractivity contribution in [3.63, 3.8) is 0 Å². The van der Waals surface area contributed by atoms with Crippen LogP contribution in [-0.4, -0.2) is 23.6 Å². The van der Waals surface area contributed by atoms with Crippen LogP contribution < -0.4 is 10.2 Å². The van der Waals surface area contributed by atoms with Crippen molar-refractivity contribution in [2.45, 2.75) is 46.6 Å². The maximum Gasteiger partial charge on any atom is 0.266 e. The summed E-state index contributed by atoms with van der Waals surface area (Å²) in [5.41, 5.74) is 3.67. The molecule has 0 atom stereocenters. The van der Waals surface area contributed by atoms with E-state index in [0.29, 0.717) is 5.69 Å². The zero-order chi connectivity index (χ0) is 21.0. The van der Waals surface area contributed by atoms with Crippen LogP contribution in [0.2, 0.25) is 0 Å². The number of nitriles is 1. The lowest BCUT2D eigenvalue weighted by Crippen LogP contribution is -2.22. The Hall–Kier alpha value is -3.07. The van der Waals surface area contributed by atoms with E-state index >= 15 is 0 Å². The summed E-state index contributed by atoms with van der Waals surface area (Å²) in [6.07, 6.45) is 4.67. The van der Waals surface area contributed by atoms with Gasteiger partial charge in [-0.25, -0.2) is 4.39 Å². The van der Waals surface area contributed by atoms with Gasteiger partial charge in [0.1, 0.15) is 23.1 Å². The molecule has 0 spiro atoms. The highest BCUT2D eigenvalue weighted by atomic mass is 19.1. The third-order valence-electron chi connectivity index (χ3n) is 5.40. The Kier molecular flexibility index (Phi) is 6.38. The molecule has 2 aromatic rings. The molecule has 2 heterocycles. The largest absolute Gasteiger partial charge is 0.370 e. The lowest BCUT2D eigenvalue weighted by molar-refractivity contribution is -0.112. The van der Waals surface area contributed by atoms with E-state index in [1.54, 1.807) is 18.2 Å². The normalized spacial score (nSPS) is 14.2. The van der Waals surface area contributed by atoms with Gasteiger partial charge >= 0.3 is 0 Å². The van der Waals surface area contributed by atoms with Crippen LogP contribution in [0.25, 0.3) is 6.08 Å². The quantitative estimate of drug-likeness (QED) is 0.565. The Morgan fingerprint density at radius 1 is 1.31 bits per heavy atom. The van der Waals surface area contributed by atoms with Gasteiger partial charge in [0.2, 0.25) is 0 Å². The van der Waals surface area contributed by atoms with Crippen LogP contribution in [-0.2, 0) is 11.3 Å². The second-order valence-corrected chi connectivity index (χ2v) is 7.43. The van der Waals surface area contributed by atoms with Gasteiger partial charge in [0.05, 0.1) is 5.69 Å². The van der Waals surface area contributed by atoms with Crippen molar-refractivity contribution in [2.24, 2.45) is 0 Å². The lowest BCUT2D eigenvalue weighted by Gasteiger charge is -2.21. The number of nitrogens with zero attached hydrogens (tertiary/aromatic N) is 3. The van der Waals surface area contributed by atoms with E-state index in [2.05, 4.69) is 21.7 Å². The maximum atomic E-state index is 14.5. The summed E-state index contributed by atoms with van der Waals surface area (Å²) in [5, 5.41) is 12.2. The minimum absolute atomic E-state index is 0.0441. The number of aryl methyl sites for hydroxylation is 1. The monoisotopic (exact) mass is 394 g/mol. The molecule has 0 aliphatic carbocycles. The maximum absolute atomic E-state index is 14.5. The number of rotatable bonds is 6. The summed E-state index contributed by atoms with van der Waals surface area (Å²) in [6.45, 7) is 8.63. The fourth-order valence-corrected chi connectivity index (χ4v) is 3.88. The zero-order valence-corrected chi connectivity index (χ0v) is 17.3. The van der Waals surface area contributed by atoms with Gasteiger partial charge in [0.15, 0.2) is 0 Å². The minimum atomic E-state index is -0.599. The van der Waals surface area contributed by atoms with E-state index in [4.69, 9.17) is 0 Å². The first-order valence-electron chi connectivity index (χ1n) is 10.1. The zero-order valence-electron chi connectivity index (χ0n) is 17.3. The van der Waals surface area contributed by atoms with Crippen molar-refractivity contribution in [1.29, 1.82) is 5.26 Å². The molecule has 0 radical (unpaired) electrons. The summed E-state index contributed by atoms with van der Waals surface area (Å²) >= 11 is 0. The third-order valence-corrected chi connectivity index (χ3v) is 5.40. The van der Waals surface area contributed by atoms with E-state index in [-0.39, 0.29) is 11.3 Å². The van der Waals surface area contributed by atoms with Crippen LogP contribution in [0.5, 0.6) is 0 Å². The molecule has 0 bridgehead atoms. The summed E-state index contributed by atoms with van der Waals surface area (Å²) < 4.78 is 16.7. The molecule has 1 aliphatic rings. The van der Waals surface area contributed by atoms with Gasteiger partial charge in [-0.1, -0.05) is 13.0 Å². The number of carbonyl (C=O) groups excluding carboxylic acids is 1. The van der Waals surface area contributed by atoms with Gasteiger partial charge < -0.3 is 14.8 Å². The average Bonchev–Trinajstić information content (AvgIpc) is 3.32. The first-order valence-corrected chi connectivity index (χ1v) is 10.1. The smallest absolute Gasteiger partial charge is 0.266 e. The van der Waals surface area contributed by atoms with Crippen LogP contribution in [0, 0.1) is 31.0 Å². The third kappa shape index (κ3) is 4.34. The van der Waals surface area contributed by atoms with E-state index in [1.165, 1.54) is 6.07 Å². The van der Waals surface area contributed by atoms with Crippen LogP contribution in [0.1, 0.15) is 43.1 Å². The second-order valence-electron chi connectivity index (χ2n) is 7.43. The molecule has 1 N–H and O–H groups in total. The fourth-order valence-electron chi connectivity index (χ4n) is 3.88. The molecule has 1 aromatic heterocycles. The summed E-state index contributed by atoms with van der Waals surface area (Å²) in [4.78, 5) is 14.9. The number of benzene rings is 1. The molecule has 0 unspecified atom stereocenters. The van der Waals surface area contributed by atoms with Crippen LogP contribution in [0.3, 0.4) is 0 Å². The summed E-state index contributed by atoms with van der Waals surface area (Å²) in [6, 6.07) is 8.70. The molecule has 5 nitrogen and oxygen atoms in total. The SMILES string of the molecule is CCCn1c(C)cc(/C=C(/C#N)C(=O)Nc2c(F)cccc2N2CCCC2)c1C. The Bertz CT molecular complexity index is 977. The summed E-state index contributed by atoms with van der Waals surface area (Å²) in [7, 11) is 0. The van der Waals surface area contributed by atoms with Gasteiger partial charge in [0, 0.05) is 31.0 Å². The highest BCUT2D eigenvalue weighted by Gasteiger charge is 2.21. The molecule has 29 heavy (non-hydrogen) atoms. The number of hydrogen-bond acceptors (Lipinski definition) is 3. The van der Waals surface area contributed by atoms with Crippen molar-refractivity contribution < 1.29 is 9.18 Å². The highest BCUT2D eigenvalue weighted by molar-refractivity contribution is 6.11. The Balaban J connectivity index is 1.90. The Morgan fingerprint density at radius 3 is 2.69 bits per heavy atom. The van der Waals surface area contributed by atoms with E-state index < -0.39 is 11.7 Å². The van der Waals surface area contributed by atoms with Crippen molar-refractivity contribution in [2.75, 3.05) is 23.3 Å². The number of carbonyl (C=O) groups is 1. The van der Waals surface area contributed by atoms with Crippen molar-refractivity contribution in [1.82, 2.24) is 4.57 Å². The number of hydrogen-bond donors (Lipinski definition) is 1. The second kappa shape index (κ2) is 8.95. The van der Waals surface area contributed by atoms with Crippen LogP contribution in [0.4, 0.5) is 15.8 Å². The van der Waals surface area contributed by atoms with Gasteiger partial charge in [-0.2, -0.15) is 5.26 Å². The van der Waals surface area contributed by atoms with Gasteiger partial charge in [-0.3, -0.25) is 4.79 Å². The average molecular weight is 394 g/mol. The minimum Gasteiger partial charge on any atom is -0.370 e.